The maximum absolute atomic E-state index is 13.5. The van der Waals surface area contributed by atoms with E-state index in [0.717, 1.165) is 22.4 Å². The van der Waals surface area contributed by atoms with E-state index in [0.29, 0.717) is 18.7 Å². The molecule has 3 aromatic rings. The number of amides is 2. The summed E-state index contributed by atoms with van der Waals surface area (Å²) in [5.74, 6) is -0.125. The molecule has 0 aliphatic heterocycles. The number of thiophene rings is 1. The van der Waals surface area contributed by atoms with Crippen LogP contribution in [0.3, 0.4) is 0 Å². The van der Waals surface area contributed by atoms with Crippen molar-refractivity contribution >= 4 is 23.2 Å². The van der Waals surface area contributed by atoms with E-state index in [1.165, 1.54) is 4.88 Å². The summed E-state index contributed by atoms with van der Waals surface area (Å²) in [6.45, 7) is 9.19. The van der Waals surface area contributed by atoms with Crippen molar-refractivity contribution in [1.82, 2.24) is 9.80 Å². The number of carbonyl (C=O) groups excluding carboxylic acids is 2. The lowest BCUT2D eigenvalue weighted by Gasteiger charge is -2.31. The first-order chi connectivity index (χ1) is 15.4. The number of carbonyl (C=O) groups is 2. The molecule has 0 saturated carbocycles. The number of hydrogen-bond acceptors (Lipinski definition) is 3. The summed E-state index contributed by atoms with van der Waals surface area (Å²) >= 11 is 1.70. The van der Waals surface area contributed by atoms with Crippen molar-refractivity contribution in [2.75, 3.05) is 6.54 Å². The molecular formula is C27H32N2O2S. The molecule has 2 aromatic carbocycles. The predicted molar refractivity (Wildman–Crippen MR) is 132 cm³/mol. The van der Waals surface area contributed by atoms with Crippen LogP contribution in [0.15, 0.2) is 66.7 Å². The van der Waals surface area contributed by atoms with E-state index in [9.17, 15) is 9.59 Å². The topological polar surface area (TPSA) is 40.6 Å². The van der Waals surface area contributed by atoms with Gasteiger partial charge in [0, 0.05) is 27.9 Å². The van der Waals surface area contributed by atoms with Crippen LogP contribution in [0.2, 0.25) is 0 Å². The molecule has 168 valence electrons. The second-order valence-electron chi connectivity index (χ2n) is 8.25. The Balaban J connectivity index is 1.85. The highest BCUT2D eigenvalue weighted by atomic mass is 32.1. The van der Waals surface area contributed by atoms with E-state index in [1.54, 1.807) is 16.2 Å². The summed E-state index contributed by atoms with van der Waals surface area (Å²) in [6.07, 6.45) is 0.785. The third-order valence-corrected chi connectivity index (χ3v) is 6.76. The third kappa shape index (κ3) is 6.07. The van der Waals surface area contributed by atoms with E-state index < -0.39 is 0 Å². The standard InChI is InChI=1S/C27H32N2O2S/c1-5-21(3)29(27(31)25-14-10-9-11-20(25)2)19-26(30)28(17-23-12-7-6-8-13-23)18-24-16-15-22(4)32-24/h6-16,21H,5,17-19H2,1-4H3. The minimum Gasteiger partial charge on any atom is -0.332 e. The first-order valence-electron chi connectivity index (χ1n) is 11.1. The Morgan fingerprint density at radius 2 is 1.59 bits per heavy atom. The Morgan fingerprint density at radius 3 is 2.22 bits per heavy atom. The lowest BCUT2D eigenvalue weighted by atomic mass is 10.1. The number of benzene rings is 2. The number of aryl methyl sites for hydroxylation is 2. The lowest BCUT2D eigenvalue weighted by molar-refractivity contribution is -0.133. The van der Waals surface area contributed by atoms with E-state index in [4.69, 9.17) is 0 Å². The van der Waals surface area contributed by atoms with Crippen LogP contribution < -0.4 is 0 Å². The van der Waals surface area contributed by atoms with E-state index in [2.05, 4.69) is 19.1 Å². The zero-order chi connectivity index (χ0) is 23.1. The van der Waals surface area contributed by atoms with Crippen molar-refractivity contribution in [3.63, 3.8) is 0 Å². The number of rotatable bonds is 9. The van der Waals surface area contributed by atoms with Crippen molar-refractivity contribution in [3.05, 3.63) is 93.2 Å². The molecule has 0 saturated heterocycles. The number of nitrogens with zero attached hydrogens (tertiary/aromatic N) is 2. The maximum Gasteiger partial charge on any atom is 0.254 e. The van der Waals surface area contributed by atoms with Crippen molar-refractivity contribution in [1.29, 1.82) is 0 Å². The van der Waals surface area contributed by atoms with Gasteiger partial charge in [-0.1, -0.05) is 55.5 Å². The molecule has 0 aliphatic carbocycles. The Bertz CT molecular complexity index is 1040. The monoisotopic (exact) mass is 448 g/mol. The summed E-state index contributed by atoms with van der Waals surface area (Å²) in [6, 6.07) is 21.7. The minimum absolute atomic E-state index is 0.0337. The summed E-state index contributed by atoms with van der Waals surface area (Å²) in [4.78, 5) is 32.9. The smallest absolute Gasteiger partial charge is 0.254 e. The Morgan fingerprint density at radius 1 is 0.906 bits per heavy atom. The molecule has 1 aromatic heterocycles. The molecule has 1 atom stereocenters. The molecule has 32 heavy (non-hydrogen) atoms. The molecule has 5 heteroatoms. The second-order valence-corrected chi connectivity index (χ2v) is 9.63. The molecule has 1 heterocycles. The molecule has 0 radical (unpaired) electrons. The highest BCUT2D eigenvalue weighted by Gasteiger charge is 2.26. The average Bonchev–Trinajstić information content (AvgIpc) is 3.21. The molecular weight excluding hydrogens is 416 g/mol. The minimum atomic E-state index is -0.0857. The van der Waals surface area contributed by atoms with Crippen molar-refractivity contribution in [3.8, 4) is 0 Å². The fourth-order valence-electron chi connectivity index (χ4n) is 3.66. The summed E-state index contributed by atoms with van der Waals surface area (Å²) in [7, 11) is 0. The first-order valence-corrected chi connectivity index (χ1v) is 11.9. The Kier molecular flexibility index (Phi) is 8.23. The molecule has 3 rings (SSSR count). The van der Waals surface area contributed by atoms with Gasteiger partial charge >= 0.3 is 0 Å². The van der Waals surface area contributed by atoms with Gasteiger partial charge in [0.15, 0.2) is 0 Å². The normalized spacial score (nSPS) is 11.8. The van der Waals surface area contributed by atoms with Gasteiger partial charge < -0.3 is 9.80 Å². The Hall–Kier alpha value is -2.92. The fourth-order valence-corrected chi connectivity index (χ4v) is 4.56. The van der Waals surface area contributed by atoms with Gasteiger partial charge in [-0.3, -0.25) is 9.59 Å². The molecule has 0 bridgehead atoms. The fraction of sp³-hybridized carbons (Fsp3) is 0.333. The van der Waals surface area contributed by atoms with Crippen LogP contribution in [0, 0.1) is 13.8 Å². The van der Waals surface area contributed by atoms with Gasteiger partial charge in [-0.15, -0.1) is 11.3 Å². The number of hydrogen-bond donors (Lipinski definition) is 0. The van der Waals surface area contributed by atoms with Gasteiger partial charge in [-0.2, -0.15) is 0 Å². The van der Waals surface area contributed by atoms with Crippen LogP contribution in [0.1, 0.15) is 51.5 Å². The van der Waals surface area contributed by atoms with Crippen molar-refractivity contribution in [2.45, 2.75) is 53.2 Å². The zero-order valence-electron chi connectivity index (χ0n) is 19.4. The van der Waals surface area contributed by atoms with E-state index in [1.807, 2.05) is 80.3 Å². The first kappa shape index (κ1) is 23.7. The average molecular weight is 449 g/mol. The Labute approximate surface area is 195 Å². The highest BCUT2D eigenvalue weighted by molar-refractivity contribution is 7.11. The van der Waals surface area contributed by atoms with Crippen molar-refractivity contribution < 1.29 is 9.59 Å². The SMILES string of the molecule is CCC(C)N(CC(=O)N(Cc1ccccc1)Cc1ccc(C)s1)C(=O)c1ccccc1C. The van der Waals surface area contributed by atoms with Crippen molar-refractivity contribution in [2.24, 2.45) is 0 Å². The summed E-state index contributed by atoms with van der Waals surface area (Å²) in [5.41, 5.74) is 2.66. The lowest BCUT2D eigenvalue weighted by Crippen LogP contribution is -2.46. The molecule has 0 aliphatic rings. The predicted octanol–water partition coefficient (Wildman–Crippen LogP) is 5.83. The summed E-state index contributed by atoms with van der Waals surface area (Å²) in [5, 5.41) is 0. The van der Waals surface area contributed by atoms with Crippen LogP contribution >= 0.6 is 11.3 Å². The zero-order valence-corrected chi connectivity index (χ0v) is 20.2. The van der Waals surface area contributed by atoms with Gasteiger partial charge in [0.1, 0.15) is 6.54 Å². The van der Waals surface area contributed by atoms with E-state index >= 15 is 0 Å². The highest BCUT2D eigenvalue weighted by Crippen LogP contribution is 2.20. The van der Waals surface area contributed by atoms with Gasteiger partial charge in [-0.25, -0.2) is 0 Å². The van der Waals surface area contributed by atoms with Gasteiger partial charge in [0.05, 0.1) is 6.54 Å². The maximum atomic E-state index is 13.5. The summed E-state index contributed by atoms with van der Waals surface area (Å²) < 4.78 is 0. The van der Waals surface area contributed by atoms with Crippen LogP contribution in [-0.4, -0.2) is 34.2 Å². The second kappa shape index (κ2) is 11.1. The molecule has 0 fully saturated rings. The van der Waals surface area contributed by atoms with E-state index in [-0.39, 0.29) is 24.4 Å². The van der Waals surface area contributed by atoms with Gasteiger partial charge in [-0.05, 0) is 56.5 Å². The van der Waals surface area contributed by atoms with Crippen LogP contribution in [-0.2, 0) is 17.9 Å². The quantitative estimate of drug-likeness (QED) is 0.413. The van der Waals surface area contributed by atoms with Gasteiger partial charge in [0.25, 0.3) is 5.91 Å². The molecule has 1 unspecified atom stereocenters. The third-order valence-electron chi connectivity index (χ3n) is 5.78. The molecule has 2 amide bonds. The van der Waals surface area contributed by atoms with Crippen LogP contribution in [0.4, 0.5) is 0 Å². The van der Waals surface area contributed by atoms with Crippen LogP contribution in [0.25, 0.3) is 0 Å². The van der Waals surface area contributed by atoms with Gasteiger partial charge in [0.2, 0.25) is 5.91 Å². The molecule has 0 N–H and O–H groups in total. The largest absolute Gasteiger partial charge is 0.332 e. The van der Waals surface area contributed by atoms with Crippen LogP contribution in [0.5, 0.6) is 0 Å². The molecule has 4 nitrogen and oxygen atoms in total. The molecule has 0 spiro atoms.